The minimum absolute atomic E-state index is 0.306. The highest BCUT2D eigenvalue weighted by Gasteiger charge is 2.44. The number of pyridine rings is 1. The van der Waals surface area contributed by atoms with Crippen LogP contribution in [0.25, 0.3) is 10.9 Å². The third kappa shape index (κ3) is 1.87. The van der Waals surface area contributed by atoms with Gasteiger partial charge in [0.15, 0.2) is 0 Å². The predicted octanol–water partition coefficient (Wildman–Crippen LogP) is 3.12. The third-order valence-corrected chi connectivity index (χ3v) is 5.53. The van der Waals surface area contributed by atoms with Gasteiger partial charge in [-0.1, -0.05) is 24.3 Å². The number of nitrogens with zero attached hydrogens (tertiary/aromatic N) is 4. The topological polar surface area (TPSA) is 41.9 Å². The molecule has 3 heterocycles. The molecular weight excluding hydrogens is 284 g/mol. The van der Waals surface area contributed by atoms with E-state index in [9.17, 15) is 0 Å². The molecule has 1 aliphatic carbocycles. The summed E-state index contributed by atoms with van der Waals surface area (Å²) >= 11 is 0. The lowest BCUT2D eigenvalue weighted by molar-refractivity contribution is 0.473. The van der Waals surface area contributed by atoms with Gasteiger partial charge in [-0.05, 0) is 36.5 Å². The fourth-order valence-corrected chi connectivity index (χ4v) is 4.39. The van der Waals surface area contributed by atoms with Crippen LogP contribution in [0.5, 0.6) is 0 Å². The summed E-state index contributed by atoms with van der Waals surface area (Å²) in [5, 5.41) is 1.10. The van der Waals surface area contributed by atoms with Crippen LogP contribution in [0.2, 0.25) is 0 Å². The maximum absolute atomic E-state index is 4.59. The van der Waals surface area contributed by atoms with Crippen molar-refractivity contribution in [1.29, 1.82) is 0 Å². The molecule has 1 spiro atoms. The summed E-state index contributed by atoms with van der Waals surface area (Å²) in [6.45, 7) is 2.11. The fraction of sp³-hybridized carbons (Fsp3) is 0.316. The van der Waals surface area contributed by atoms with E-state index >= 15 is 0 Å². The van der Waals surface area contributed by atoms with Gasteiger partial charge < -0.3 is 4.90 Å². The first-order valence-electron chi connectivity index (χ1n) is 8.24. The highest BCUT2D eigenvalue weighted by Crippen LogP contribution is 2.46. The van der Waals surface area contributed by atoms with Gasteiger partial charge in [0.1, 0.15) is 12.1 Å². The van der Waals surface area contributed by atoms with Crippen LogP contribution in [-0.4, -0.2) is 28.0 Å². The van der Waals surface area contributed by atoms with Gasteiger partial charge in [0, 0.05) is 30.1 Å². The molecule has 5 rings (SSSR count). The Morgan fingerprint density at radius 3 is 3.00 bits per heavy atom. The standard InChI is InChI=1S/C19H18N4/c1-2-4-16-14(3-1)5-7-19(16)8-10-23(12-19)18-15-6-9-20-11-17(15)21-13-22-18/h1-4,6,9,11,13H,5,7-8,10,12H2. The smallest absolute Gasteiger partial charge is 0.140 e. The molecule has 2 aromatic heterocycles. The van der Waals surface area contributed by atoms with Crippen LogP contribution >= 0.6 is 0 Å². The molecule has 2 aliphatic rings. The lowest BCUT2D eigenvalue weighted by Gasteiger charge is -2.26. The Labute approximate surface area is 135 Å². The number of rotatable bonds is 1. The molecule has 0 radical (unpaired) electrons. The molecule has 3 aromatic rings. The summed E-state index contributed by atoms with van der Waals surface area (Å²) in [7, 11) is 0. The number of fused-ring (bicyclic) bond motifs is 3. The molecule has 1 fully saturated rings. The number of anilines is 1. The summed E-state index contributed by atoms with van der Waals surface area (Å²) in [4.78, 5) is 15.5. The zero-order chi connectivity index (χ0) is 15.3. The summed E-state index contributed by atoms with van der Waals surface area (Å²) < 4.78 is 0. The molecule has 0 bridgehead atoms. The molecule has 4 heteroatoms. The van der Waals surface area contributed by atoms with Crippen LogP contribution in [-0.2, 0) is 11.8 Å². The van der Waals surface area contributed by atoms with Crippen LogP contribution in [0.3, 0.4) is 0 Å². The molecule has 0 amide bonds. The first-order valence-corrected chi connectivity index (χ1v) is 8.24. The van der Waals surface area contributed by atoms with E-state index in [-0.39, 0.29) is 0 Å². The van der Waals surface area contributed by atoms with Crippen molar-refractivity contribution in [1.82, 2.24) is 15.0 Å². The second kappa shape index (κ2) is 4.75. The average Bonchev–Trinajstić information content (AvgIpc) is 3.20. The van der Waals surface area contributed by atoms with E-state index in [2.05, 4.69) is 44.1 Å². The van der Waals surface area contributed by atoms with Crippen molar-refractivity contribution in [3.05, 3.63) is 60.2 Å². The first kappa shape index (κ1) is 13.0. The molecule has 0 N–H and O–H groups in total. The van der Waals surface area contributed by atoms with Crippen molar-refractivity contribution in [3.8, 4) is 0 Å². The van der Waals surface area contributed by atoms with Crippen molar-refractivity contribution >= 4 is 16.7 Å². The largest absolute Gasteiger partial charge is 0.355 e. The molecule has 1 saturated heterocycles. The summed E-state index contributed by atoms with van der Waals surface area (Å²) in [6, 6.07) is 11.0. The third-order valence-electron chi connectivity index (χ3n) is 5.53. The summed E-state index contributed by atoms with van der Waals surface area (Å²) in [5.74, 6) is 1.05. The van der Waals surface area contributed by atoms with Gasteiger partial charge in [-0.25, -0.2) is 9.97 Å². The van der Waals surface area contributed by atoms with E-state index in [0.717, 1.165) is 29.8 Å². The SMILES string of the molecule is c1ccc2c(c1)CCC21CCN(c2ncnc3cnccc23)C1. The van der Waals surface area contributed by atoms with E-state index < -0.39 is 0 Å². The van der Waals surface area contributed by atoms with Gasteiger partial charge in [0.25, 0.3) is 0 Å². The second-order valence-corrected chi connectivity index (χ2v) is 6.70. The van der Waals surface area contributed by atoms with Crippen molar-refractivity contribution < 1.29 is 0 Å². The average molecular weight is 302 g/mol. The maximum Gasteiger partial charge on any atom is 0.140 e. The Morgan fingerprint density at radius 2 is 2.00 bits per heavy atom. The van der Waals surface area contributed by atoms with Crippen molar-refractivity contribution in [2.24, 2.45) is 0 Å². The van der Waals surface area contributed by atoms with Crippen LogP contribution in [0.1, 0.15) is 24.0 Å². The van der Waals surface area contributed by atoms with Gasteiger partial charge in [0.2, 0.25) is 0 Å². The van der Waals surface area contributed by atoms with Crippen molar-refractivity contribution in [2.75, 3.05) is 18.0 Å². The zero-order valence-electron chi connectivity index (χ0n) is 12.9. The minimum Gasteiger partial charge on any atom is -0.355 e. The van der Waals surface area contributed by atoms with E-state index in [4.69, 9.17) is 0 Å². The Kier molecular flexibility index (Phi) is 2.68. The number of benzene rings is 1. The molecule has 23 heavy (non-hydrogen) atoms. The fourth-order valence-electron chi connectivity index (χ4n) is 4.39. The molecule has 4 nitrogen and oxygen atoms in total. The lowest BCUT2D eigenvalue weighted by atomic mass is 9.81. The van der Waals surface area contributed by atoms with Crippen LogP contribution in [0.4, 0.5) is 5.82 Å². The Morgan fingerprint density at radius 1 is 1.04 bits per heavy atom. The van der Waals surface area contributed by atoms with Crippen LogP contribution < -0.4 is 4.90 Å². The Bertz CT molecular complexity index is 886. The van der Waals surface area contributed by atoms with Gasteiger partial charge in [0.05, 0.1) is 11.7 Å². The Balaban J connectivity index is 1.55. The van der Waals surface area contributed by atoms with E-state index in [1.54, 1.807) is 11.9 Å². The van der Waals surface area contributed by atoms with Gasteiger partial charge in [-0.2, -0.15) is 0 Å². The van der Waals surface area contributed by atoms with E-state index in [0.29, 0.717) is 5.41 Å². The normalized spacial score (nSPS) is 22.9. The Hall–Kier alpha value is -2.49. The zero-order valence-corrected chi connectivity index (χ0v) is 12.9. The van der Waals surface area contributed by atoms with Gasteiger partial charge in [-0.15, -0.1) is 0 Å². The quantitative estimate of drug-likeness (QED) is 0.692. The highest BCUT2D eigenvalue weighted by atomic mass is 15.2. The molecule has 0 saturated carbocycles. The van der Waals surface area contributed by atoms with E-state index in [1.165, 1.54) is 24.8 Å². The predicted molar refractivity (Wildman–Crippen MR) is 90.6 cm³/mol. The number of hydrogen-bond acceptors (Lipinski definition) is 4. The van der Waals surface area contributed by atoms with Crippen molar-refractivity contribution in [3.63, 3.8) is 0 Å². The number of aryl methyl sites for hydroxylation is 1. The molecular formula is C19H18N4. The monoisotopic (exact) mass is 302 g/mol. The summed E-state index contributed by atoms with van der Waals surface area (Å²) in [5.41, 5.74) is 4.32. The van der Waals surface area contributed by atoms with Gasteiger partial charge >= 0.3 is 0 Å². The van der Waals surface area contributed by atoms with E-state index in [1.807, 2.05) is 18.5 Å². The lowest BCUT2D eigenvalue weighted by Crippen LogP contribution is -2.29. The second-order valence-electron chi connectivity index (χ2n) is 6.70. The molecule has 1 aliphatic heterocycles. The highest BCUT2D eigenvalue weighted by molar-refractivity contribution is 5.88. The first-order chi connectivity index (χ1) is 11.4. The summed E-state index contributed by atoms with van der Waals surface area (Å²) in [6.07, 6.45) is 8.97. The molecule has 1 aromatic carbocycles. The van der Waals surface area contributed by atoms with Crippen molar-refractivity contribution in [2.45, 2.75) is 24.7 Å². The molecule has 1 unspecified atom stereocenters. The number of aromatic nitrogens is 3. The minimum atomic E-state index is 0.306. The van der Waals surface area contributed by atoms with Crippen LogP contribution in [0, 0.1) is 0 Å². The maximum atomic E-state index is 4.59. The number of hydrogen-bond donors (Lipinski definition) is 0. The molecule has 1 atom stereocenters. The van der Waals surface area contributed by atoms with Gasteiger partial charge in [-0.3, -0.25) is 4.98 Å². The molecule has 114 valence electrons. The van der Waals surface area contributed by atoms with Crippen LogP contribution in [0.15, 0.2) is 49.1 Å².